The predicted molar refractivity (Wildman–Crippen MR) is 112 cm³/mol. The molecule has 1 unspecified atom stereocenters. The van der Waals surface area contributed by atoms with Crippen LogP contribution in [-0.2, 0) is 4.57 Å². The van der Waals surface area contributed by atoms with Gasteiger partial charge in [0.05, 0.1) is 0 Å². The number of rotatable bonds is 7. The lowest BCUT2D eigenvalue weighted by Gasteiger charge is -2.37. The monoisotopic (exact) mass is 370 g/mol. The minimum atomic E-state index is -2.87. The van der Waals surface area contributed by atoms with Crippen molar-refractivity contribution in [2.45, 2.75) is 64.1 Å². The second-order valence-corrected chi connectivity index (χ2v) is 9.89. The van der Waals surface area contributed by atoms with Crippen LogP contribution in [0.15, 0.2) is 60.7 Å². The van der Waals surface area contributed by atoms with Crippen molar-refractivity contribution < 1.29 is 4.57 Å². The third-order valence-corrected chi connectivity index (χ3v) is 8.21. The predicted octanol–water partition coefficient (Wildman–Crippen LogP) is 4.20. The van der Waals surface area contributed by atoms with E-state index < -0.39 is 7.29 Å². The highest BCUT2D eigenvalue weighted by Gasteiger charge is 2.34. The fraction of sp³-hybridized carbons (Fsp3) is 0.455. The van der Waals surface area contributed by atoms with Crippen LogP contribution < -0.4 is 21.0 Å². The smallest absolute Gasteiger partial charge is 0.204 e. The molecule has 0 heterocycles. The molecule has 3 atom stereocenters. The molecule has 1 saturated carbocycles. The molecule has 26 heavy (non-hydrogen) atoms. The molecule has 0 aliphatic heterocycles. The van der Waals surface area contributed by atoms with E-state index >= 15 is 0 Å². The molecule has 1 aliphatic rings. The molecule has 0 spiro atoms. The highest BCUT2D eigenvalue weighted by Crippen LogP contribution is 2.41. The lowest BCUT2D eigenvalue weighted by atomic mass is 9.90. The molecule has 2 aromatic rings. The lowest BCUT2D eigenvalue weighted by Crippen LogP contribution is -2.52. The van der Waals surface area contributed by atoms with Crippen molar-refractivity contribution in [3.05, 3.63) is 60.7 Å². The van der Waals surface area contributed by atoms with Crippen LogP contribution in [0, 0.1) is 0 Å². The number of nitrogens with one attached hydrogen (secondary N) is 2. The normalized spacial score (nSPS) is 22.1. The van der Waals surface area contributed by atoms with Crippen LogP contribution in [-0.4, -0.2) is 18.1 Å². The first-order valence-electron chi connectivity index (χ1n) is 9.88. The van der Waals surface area contributed by atoms with Crippen molar-refractivity contribution >= 4 is 17.9 Å². The van der Waals surface area contributed by atoms with E-state index in [-0.39, 0.29) is 6.04 Å². The molecule has 0 radical (unpaired) electrons. The zero-order valence-electron chi connectivity index (χ0n) is 15.9. The third-order valence-electron chi connectivity index (χ3n) is 5.46. The van der Waals surface area contributed by atoms with Crippen molar-refractivity contribution in [1.29, 1.82) is 0 Å². The number of hydrogen-bond acceptors (Lipinski definition) is 2. The Morgan fingerprint density at radius 1 is 0.923 bits per heavy atom. The summed E-state index contributed by atoms with van der Waals surface area (Å²) >= 11 is 0. The van der Waals surface area contributed by atoms with E-state index in [0.717, 1.165) is 29.9 Å². The highest BCUT2D eigenvalue weighted by molar-refractivity contribution is 7.76. The Morgan fingerprint density at radius 3 is 1.92 bits per heavy atom. The summed E-state index contributed by atoms with van der Waals surface area (Å²) in [5.74, 6) is 0. The molecule has 3 nitrogen and oxygen atoms in total. The fourth-order valence-electron chi connectivity index (χ4n) is 3.78. The largest absolute Gasteiger partial charge is 0.310 e. The maximum absolute atomic E-state index is 14.2. The van der Waals surface area contributed by atoms with E-state index in [1.54, 1.807) is 0 Å². The molecule has 0 saturated heterocycles. The van der Waals surface area contributed by atoms with Crippen LogP contribution in [0.2, 0.25) is 0 Å². The summed E-state index contributed by atoms with van der Waals surface area (Å²) in [6.45, 7) is 4.45. The van der Waals surface area contributed by atoms with Gasteiger partial charge in [0.25, 0.3) is 0 Å². The minimum Gasteiger partial charge on any atom is -0.310 e. The molecule has 2 aromatic carbocycles. The Labute approximate surface area is 158 Å². The third kappa shape index (κ3) is 4.46. The van der Waals surface area contributed by atoms with E-state index in [1.165, 1.54) is 12.8 Å². The zero-order chi connectivity index (χ0) is 18.4. The van der Waals surface area contributed by atoms with Gasteiger partial charge in [-0.15, -0.1) is 0 Å². The van der Waals surface area contributed by atoms with E-state index in [2.05, 4.69) is 24.3 Å². The Balaban J connectivity index is 1.91. The molecular formula is C22H31N2OP. The second-order valence-electron chi connectivity index (χ2n) is 7.38. The van der Waals surface area contributed by atoms with Gasteiger partial charge in [-0.05, 0) is 50.5 Å². The van der Waals surface area contributed by atoms with Crippen molar-refractivity contribution in [3.8, 4) is 0 Å². The molecule has 1 fully saturated rings. The first-order valence-corrected chi connectivity index (χ1v) is 11.6. The molecule has 0 bridgehead atoms. The molecule has 1 aliphatic carbocycles. The van der Waals surface area contributed by atoms with Gasteiger partial charge in [0.15, 0.2) is 0 Å². The molecule has 3 rings (SSSR count). The standard InChI is InChI=1S/C22H31N2OP/c1-3-18(2)23-21-16-10-11-17-22(21)24-26(25,19-12-6-4-7-13-19)20-14-8-5-9-15-20/h4-9,12-15,18,21-23H,3,10-11,16-17H2,1-2H3,(H,24,25)/t18?,21-,22-/m1/s1. The Kier molecular flexibility index (Phi) is 6.69. The average molecular weight is 370 g/mol. The van der Waals surface area contributed by atoms with Gasteiger partial charge < -0.3 is 5.32 Å². The second kappa shape index (κ2) is 8.99. The Bertz CT molecular complexity index is 676. The molecule has 140 valence electrons. The lowest BCUT2D eigenvalue weighted by molar-refractivity contribution is 0.288. The number of benzene rings is 2. The van der Waals surface area contributed by atoms with Crippen LogP contribution in [0.3, 0.4) is 0 Å². The summed E-state index contributed by atoms with van der Waals surface area (Å²) < 4.78 is 14.2. The van der Waals surface area contributed by atoms with Gasteiger partial charge in [-0.25, -0.2) is 0 Å². The summed E-state index contributed by atoms with van der Waals surface area (Å²) in [4.78, 5) is 0. The summed E-state index contributed by atoms with van der Waals surface area (Å²) in [6, 6.07) is 20.9. The first kappa shape index (κ1) is 19.4. The van der Waals surface area contributed by atoms with Gasteiger partial charge >= 0.3 is 0 Å². The zero-order valence-corrected chi connectivity index (χ0v) is 16.8. The van der Waals surface area contributed by atoms with Crippen molar-refractivity contribution in [2.24, 2.45) is 0 Å². The van der Waals surface area contributed by atoms with E-state index in [1.807, 2.05) is 60.7 Å². The van der Waals surface area contributed by atoms with Crippen LogP contribution in [0.5, 0.6) is 0 Å². The Morgan fingerprint density at radius 2 is 1.42 bits per heavy atom. The first-order chi connectivity index (χ1) is 12.6. The quantitative estimate of drug-likeness (QED) is 0.718. The van der Waals surface area contributed by atoms with E-state index in [9.17, 15) is 4.57 Å². The van der Waals surface area contributed by atoms with Gasteiger partial charge in [0.2, 0.25) is 7.29 Å². The topological polar surface area (TPSA) is 41.1 Å². The SMILES string of the molecule is CCC(C)N[C@@H]1CCCC[C@H]1NP(=O)(c1ccccc1)c1ccccc1. The fourth-order valence-corrected chi connectivity index (χ4v) is 6.33. The van der Waals surface area contributed by atoms with Crippen LogP contribution in [0.1, 0.15) is 46.0 Å². The van der Waals surface area contributed by atoms with Gasteiger partial charge in [0, 0.05) is 28.7 Å². The number of hydrogen-bond donors (Lipinski definition) is 2. The summed E-state index contributed by atoms with van der Waals surface area (Å²) in [5, 5.41) is 9.17. The molecule has 2 N–H and O–H groups in total. The van der Waals surface area contributed by atoms with Gasteiger partial charge in [0.1, 0.15) is 0 Å². The molecular weight excluding hydrogens is 339 g/mol. The maximum atomic E-state index is 14.2. The highest BCUT2D eigenvalue weighted by atomic mass is 31.2. The summed E-state index contributed by atoms with van der Waals surface area (Å²) in [6.07, 6.45) is 5.76. The molecule has 4 heteroatoms. The van der Waals surface area contributed by atoms with Crippen LogP contribution in [0.25, 0.3) is 0 Å². The summed E-state index contributed by atoms with van der Waals surface area (Å²) in [7, 11) is -2.87. The van der Waals surface area contributed by atoms with E-state index in [4.69, 9.17) is 0 Å². The Hall–Kier alpha value is -1.41. The van der Waals surface area contributed by atoms with Gasteiger partial charge in [-0.1, -0.05) is 56.2 Å². The van der Waals surface area contributed by atoms with E-state index in [0.29, 0.717) is 12.1 Å². The van der Waals surface area contributed by atoms with Crippen LogP contribution in [0.4, 0.5) is 0 Å². The van der Waals surface area contributed by atoms with Crippen molar-refractivity contribution in [2.75, 3.05) is 0 Å². The van der Waals surface area contributed by atoms with Crippen molar-refractivity contribution in [3.63, 3.8) is 0 Å². The van der Waals surface area contributed by atoms with Gasteiger partial charge in [-0.2, -0.15) is 0 Å². The molecule has 0 aromatic heterocycles. The summed E-state index contributed by atoms with van der Waals surface area (Å²) in [5.41, 5.74) is 0. The molecule has 0 amide bonds. The average Bonchev–Trinajstić information content (AvgIpc) is 2.70. The van der Waals surface area contributed by atoms with Crippen molar-refractivity contribution in [1.82, 2.24) is 10.4 Å². The maximum Gasteiger partial charge on any atom is 0.204 e. The van der Waals surface area contributed by atoms with Gasteiger partial charge in [-0.3, -0.25) is 9.65 Å². The minimum absolute atomic E-state index is 0.226. The van der Waals surface area contributed by atoms with Crippen LogP contribution >= 0.6 is 7.29 Å².